The highest BCUT2D eigenvalue weighted by Crippen LogP contribution is 2.25. The number of amides is 1. The number of methoxy groups -OCH3 is 1. The summed E-state index contributed by atoms with van der Waals surface area (Å²) in [7, 11) is 1.66. The molecule has 0 bridgehead atoms. The lowest BCUT2D eigenvalue weighted by molar-refractivity contribution is -0.120. The van der Waals surface area contributed by atoms with E-state index in [0.717, 1.165) is 25.4 Å². The summed E-state index contributed by atoms with van der Waals surface area (Å²) in [5.41, 5.74) is 0. The van der Waals surface area contributed by atoms with Crippen LogP contribution < -0.4 is 10.6 Å². The molecule has 4 nitrogen and oxygen atoms in total. The largest absolute Gasteiger partial charge is 0.383 e. The zero-order chi connectivity index (χ0) is 12.3. The van der Waals surface area contributed by atoms with E-state index in [1.54, 1.807) is 7.11 Å². The van der Waals surface area contributed by atoms with Gasteiger partial charge in [0, 0.05) is 20.2 Å². The van der Waals surface area contributed by atoms with Gasteiger partial charge in [-0.1, -0.05) is 32.1 Å². The Hall–Kier alpha value is -0.610. The maximum Gasteiger partial charge on any atom is 0.233 e. The van der Waals surface area contributed by atoms with Gasteiger partial charge in [-0.2, -0.15) is 0 Å². The van der Waals surface area contributed by atoms with Crippen molar-refractivity contribution in [1.82, 2.24) is 10.6 Å². The zero-order valence-corrected chi connectivity index (χ0v) is 11.0. The number of carbonyl (C=O) groups is 1. The van der Waals surface area contributed by atoms with Gasteiger partial charge >= 0.3 is 0 Å². The normalized spacial score (nSPS) is 17.0. The molecule has 17 heavy (non-hydrogen) atoms. The minimum atomic E-state index is 0.0944. The molecule has 0 heterocycles. The van der Waals surface area contributed by atoms with Crippen LogP contribution in [0.2, 0.25) is 0 Å². The summed E-state index contributed by atoms with van der Waals surface area (Å²) in [5.74, 6) is 0.933. The van der Waals surface area contributed by atoms with E-state index in [2.05, 4.69) is 10.6 Å². The first-order chi connectivity index (χ1) is 8.33. The van der Waals surface area contributed by atoms with Crippen molar-refractivity contribution in [3.8, 4) is 0 Å². The van der Waals surface area contributed by atoms with Crippen LogP contribution in [0.15, 0.2) is 0 Å². The monoisotopic (exact) mass is 242 g/mol. The Labute approximate surface area is 104 Å². The first kappa shape index (κ1) is 14.5. The molecule has 2 N–H and O–H groups in total. The lowest BCUT2D eigenvalue weighted by Gasteiger charge is -2.21. The van der Waals surface area contributed by atoms with E-state index in [9.17, 15) is 4.79 Å². The molecule has 100 valence electrons. The fraction of sp³-hybridized carbons (Fsp3) is 0.923. The minimum absolute atomic E-state index is 0.0944. The smallest absolute Gasteiger partial charge is 0.233 e. The summed E-state index contributed by atoms with van der Waals surface area (Å²) >= 11 is 0. The van der Waals surface area contributed by atoms with Gasteiger partial charge in [0.2, 0.25) is 5.91 Å². The number of hydrogen-bond donors (Lipinski definition) is 2. The van der Waals surface area contributed by atoms with E-state index < -0.39 is 0 Å². The van der Waals surface area contributed by atoms with E-state index >= 15 is 0 Å². The Morgan fingerprint density at radius 3 is 2.71 bits per heavy atom. The molecule has 1 amide bonds. The van der Waals surface area contributed by atoms with Gasteiger partial charge in [-0.05, 0) is 12.3 Å². The lowest BCUT2D eigenvalue weighted by Crippen LogP contribution is -2.36. The lowest BCUT2D eigenvalue weighted by atomic mass is 9.87. The van der Waals surface area contributed by atoms with Gasteiger partial charge in [-0.15, -0.1) is 0 Å². The third-order valence-corrected chi connectivity index (χ3v) is 3.37. The molecular weight excluding hydrogens is 216 g/mol. The van der Waals surface area contributed by atoms with Gasteiger partial charge in [0.15, 0.2) is 0 Å². The quantitative estimate of drug-likeness (QED) is 0.631. The summed E-state index contributed by atoms with van der Waals surface area (Å²) in [6.07, 6.45) is 7.98. The Kier molecular flexibility index (Phi) is 8.01. The van der Waals surface area contributed by atoms with Crippen molar-refractivity contribution in [2.75, 3.05) is 33.4 Å². The van der Waals surface area contributed by atoms with Crippen molar-refractivity contribution < 1.29 is 9.53 Å². The first-order valence-corrected chi connectivity index (χ1v) is 6.79. The topological polar surface area (TPSA) is 50.4 Å². The maximum atomic E-state index is 11.4. The highest BCUT2D eigenvalue weighted by atomic mass is 16.5. The summed E-state index contributed by atoms with van der Waals surface area (Å²) in [4.78, 5) is 11.4. The minimum Gasteiger partial charge on any atom is -0.383 e. The molecule has 0 aromatic carbocycles. The van der Waals surface area contributed by atoms with Crippen molar-refractivity contribution in [2.24, 2.45) is 5.92 Å². The van der Waals surface area contributed by atoms with Crippen LogP contribution in [0.4, 0.5) is 0 Å². The van der Waals surface area contributed by atoms with E-state index in [4.69, 9.17) is 4.74 Å². The second-order valence-electron chi connectivity index (χ2n) is 4.81. The molecule has 0 saturated heterocycles. The number of hydrogen-bond acceptors (Lipinski definition) is 3. The number of carbonyl (C=O) groups excluding carboxylic acids is 1. The van der Waals surface area contributed by atoms with E-state index in [-0.39, 0.29) is 5.91 Å². The molecule has 0 unspecified atom stereocenters. The third-order valence-electron chi connectivity index (χ3n) is 3.37. The van der Waals surface area contributed by atoms with Crippen molar-refractivity contribution in [3.63, 3.8) is 0 Å². The average molecular weight is 242 g/mol. The van der Waals surface area contributed by atoms with Gasteiger partial charge in [-0.25, -0.2) is 0 Å². The molecule has 0 radical (unpaired) electrons. The Morgan fingerprint density at radius 1 is 1.24 bits per heavy atom. The number of nitrogens with one attached hydrogen (secondary N) is 2. The molecule has 1 fully saturated rings. The van der Waals surface area contributed by atoms with Crippen LogP contribution in [0.5, 0.6) is 0 Å². The molecular formula is C13H26N2O2. The maximum absolute atomic E-state index is 11.4. The van der Waals surface area contributed by atoms with Gasteiger partial charge in [0.05, 0.1) is 13.2 Å². The predicted molar refractivity (Wildman–Crippen MR) is 68.9 cm³/mol. The zero-order valence-electron chi connectivity index (χ0n) is 11.0. The molecule has 1 aliphatic rings. The summed E-state index contributed by atoms with van der Waals surface area (Å²) in [6.45, 7) is 2.60. The predicted octanol–water partition coefficient (Wildman–Crippen LogP) is 1.31. The standard InChI is InChI=1S/C13H26N2O2/c1-17-10-9-14-11-13(16)15-8-7-12-5-3-2-4-6-12/h12,14H,2-11H2,1H3,(H,15,16). The van der Waals surface area contributed by atoms with Crippen LogP contribution in [0, 0.1) is 5.92 Å². The van der Waals surface area contributed by atoms with Crippen molar-refractivity contribution in [1.29, 1.82) is 0 Å². The fourth-order valence-corrected chi connectivity index (χ4v) is 2.33. The van der Waals surface area contributed by atoms with Crippen LogP contribution in [-0.2, 0) is 9.53 Å². The molecule has 0 atom stereocenters. The SMILES string of the molecule is COCCNCC(=O)NCCC1CCCCC1. The molecule has 0 aliphatic heterocycles. The molecule has 1 saturated carbocycles. The van der Waals surface area contributed by atoms with Crippen LogP contribution >= 0.6 is 0 Å². The van der Waals surface area contributed by atoms with E-state index in [0.29, 0.717) is 13.2 Å². The number of ether oxygens (including phenoxy) is 1. The van der Waals surface area contributed by atoms with Crippen LogP contribution in [0.1, 0.15) is 38.5 Å². The highest BCUT2D eigenvalue weighted by molar-refractivity contribution is 5.77. The van der Waals surface area contributed by atoms with Crippen LogP contribution in [0.3, 0.4) is 0 Å². The van der Waals surface area contributed by atoms with Gasteiger partial charge in [0.25, 0.3) is 0 Å². The summed E-state index contributed by atoms with van der Waals surface area (Å²) in [5, 5.41) is 6.00. The number of rotatable bonds is 8. The van der Waals surface area contributed by atoms with Crippen LogP contribution in [-0.4, -0.2) is 39.3 Å². The highest BCUT2D eigenvalue weighted by Gasteiger charge is 2.12. The summed E-state index contributed by atoms with van der Waals surface area (Å²) in [6, 6.07) is 0. The third kappa shape index (κ3) is 7.34. The second kappa shape index (κ2) is 9.42. The van der Waals surface area contributed by atoms with E-state index in [1.807, 2.05) is 0 Å². The first-order valence-electron chi connectivity index (χ1n) is 6.79. The second-order valence-corrected chi connectivity index (χ2v) is 4.81. The molecule has 0 spiro atoms. The van der Waals surface area contributed by atoms with E-state index in [1.165, 1.54) is 32.1 Å². The molecule has 0 aromatic heterocycles. The molecule has 1 aliphatic carbocycles. The fourth-order valence-electron chi connectivity index (χ4n) is 2.33. The van der Waals surface area contributed by atoms with Gasteiger partial charge < -0.3 is 15.4 Å². The molecule has 1 rings (SSSR count). The van der Waals surface area contributed by atoms with Gasteiger partial charge in [0.1, 0.15) is 0 Å². The molecule has 0 aromatic rings. The van der Waals surface area contributed by atoms with Crippen molar-refractivity contribution in [2.45, 2.75) is 38.5 Å². The van der Waals surface area contributed by atoms with Gasteiger partial charge in [-0.3, -0.25) is 4.79 Å². The van der Waals surface area contributed by atoms with Crippen LogP contribution in [0.25, 0.3) is 0 Å². The Bertz CT molecular complexity index is 204. The summed E-state index contributed by atoms with van der Waals surface area (Å²) < 4.78 is 4.89. The van der Waals surface area contributed by atoms with Crippen molar-refractivity contribution >= 4 is 5.91 Å². The Morgan fingerprint density at radius 2 is 2.00 bits per heavy atom. The average Bonchev–Trinajstić information content (AvgIpc) is 2.36. The Balaban J connectivity index is 1.92. The molecule has 4 heteroatoms. The van der Waals surface area contributed by atoms with Crippen molar-refractivity contribution in [3.05, 3.63) is 0 Å².